The quantitative estimate of drug-likeness (QED) is 0.845. The first-order valence-corrected chi connectivity index (χ1v) is 8.06. The molecule has 108 valence electrons. The second-order valence-electron chi connectivity index (χ2n) is 5.27. The van der Waals surface area contributed by atoms with E-state index < -0.39 is 0 Å². The maximum atomic E-state index is 12.4. The molecule has 0 aliphatic carbocycles. The van der Waals surface area contributed by atoms with E-state index >= 15 is 0 Å². The fourth-order valence-electron chi connectivity index (χ4n) is 2.58. The van der Waals surface area contributed by atoms with Gasteiger partial charge in [-0.3, -0.25) is 4.79 Å². The van der Waals surface area contributed by atoms with E-state index in [9.17, 15) is 4.79 Å². The standard InChI is InChI=1S/C17H18N2OS/c1-13-16(21-12-18-13)17(20)19-9-7-15(8-10-19)11-14-5-3-2-4-6-14/h2-6,11-12H,7-10H2,1H3. The summed E-state index contributed by atoms with van der Waals surface area (Å²) >= 11 is 1.44. The minimum Gasteiger partial charge on any atom is -0.337 e. The molecule has 21 heavy (non-hydrogen) atoms. The largest absolute Gasteiger partial charge is 0.337 e. The maximum Gasteiger partial charge on any atom is 0.265 e. The van der Waals surface area contributed by atoms with Crippen LogP contribution in [0, 0.1) is 6.92 Å². The van der Waals surface area contributed by atoms with Gasteiger partial charge >= 0.3 is 0 Å². The number of aromatic nitrogens is 1. The van der Waals surface area contributed by atoms with Crippen LogP contribution in [0.5, 0.6) is 0 Å². The monoisotopic (exact) mass is 298 g/mol. The number of hydrogen-bond acceptors (Lipinski definition) is 3. The Morgan fingerprint density at radius 3 is 2.57 bits per heavy atom. The zero-order chi connectivity index (χ0) is 14.7. The number of rotatable bonds is 2. The van der Waals surface area contributed by atoms with Crippen LogP contribution in [0.2, 0.25) is 0 Å². The molecule has 1 aromatic heterocycles. The molecule has 1 fully saturated rings. The number of carbonyl (C=O) groups is 1. The van der Waals surface area contributed by atoms with Gasteiger partial charge in [0, 0.05) is 13.1 Å². The fraction of sp³-hybridized carbons (Fsp3) is 0.294. The van der Waals surface area contributed by atoms with Gasteiger partial charge in [0.2, 0.25) is 0 Å². The molecule has 2 heterocycles. The lowest BCUT2D eigenvalue weighted by molar-refractivity contribution is 0.0748. The Morgan fingerprint density at radius 2 is 1.95 bits per heavy atom. The van der Waals surface area contributed by atoms with Crippen LogP contribution in [0.3, 0.4) is 0 Å². The Bertz CT molecular complexity index is 650. The Hall–Kier alpha value is -1.94. The highest BCUT2D eigenvalue weighted by Gasteiger charge is 2.22. The van der Waals surface area contributed by atoms with Gasteiger partial charge in [0.05, 0.1) is 11.2 Å². The van der Waals surface area contributed by atoms with Crippen LogP contribution in [-0.2, 0) is 0 Å². The van der Waals surface area contributed by atoms with Crippen molar-refractivity contribution >= 4 is 23.3 Å². The van der Waals surface area contributed by atoms with Crippen LogP contribution < -0.4 is 0 Å². The van der Waals surface area contributed by atoms with E-state index in [1.165, 1.54) is 22.5 Å². The van der Waals surface area contributed by atoms with Crippen LogP contribution >= 0.6 is 11.3 Å². The van der Waals surface area contributed by atoms with Gasteiger partial charge in [-0.25, -0.2) is 4.98 Å². The highest BCUT2D eigenvalue weighted by Crippen LogP contribution is 2.22. The van der Waals surface area contributed by atoms with Gasteiger partial charge in [-0.15, -0.1) is 11.3 Å². The molecule has 1 saturated heterocycles. The minimum atomic E-state index is 0.133. The highest BCUT2D eigenvalue weighted by atomic mass is 32.1. The number of likely N-dealkylation sites (tertiary alicyclic amines) is 1. The number of benzene rings is 1. The summed E-state index contributed by atoms with van der Waals surface area (Å²) in [5.41, 5.74) is 5.25. The second kappa shape index (κ2) is 6.22. The predicted molar refractivity (Wildman–Crippen MR) is 86.4 cm³/mol. The molecule has 0 unspecified atom stereocenters. The number of piperidine rings is 1. The predicted octanol–water partition coefficient (Wildman–Crippen LogP) is 3.77. The van der Waals surface area contributed by atoms with Crippen molar-refractivity contribution in [2.75, 3.05) is 13.1 Å². The van der Waals surface area contributed by atoms with Gasteiger partial charge in [0.25, 0.3) is 5.91 Å². The first-order valence-electron chi connectivity index (χ1n) is 7.18. The average molecular weight is 298 g/mol. The molecule has 1 aliphatic heterocycles. The number of nitrogens with zero attached hydrogens (tertiary/aromatic N) is 2. The van der Waals surface area contributed by atoms with Gasteiger partial charge < -0.3 is 4.90 Å². The summed E-state index contributed by atoms with van der Waals surface area (Å²) in [6, 6.07) is 10.4. The van der Waals surface area contributed by atoms with Crippen molar-refractivity contribution in [3.8, 4) is 0 Å². The van der Waals surface area contributed by atoms with Gasteiger partial charge in [0.1, 0.15) is 4.88 Å². The number of amides is 1. The van der Waals surface area contributed by atoms with Crippen molar-refractivity contribution < 1.29 is 4.79 Å². The molecule has 1 aromatic carbocycles. The Balaban J connectivity index is 1.64. The van der Waals surface area contributed by atoms with E-state index in [0.29, 0.717) is 0 Å². The summed E-state index contributed by atoms with van der Waals surface area (Å²) < 4.78 is 0. The summed E-state index contributed by atoms with van der Waals surface area (Å²) in [5, 5.41) is 0. The third-order valence-corrected chi connectivity index (χ3v) is 4.72. The van der Waals surface area contributed by atoms with Crippen molar-refractivity contribution in [2.24, 2.45) is 0 Å². The van der Waals surface area contributed by atoms with Gasteiger partial charge in [-0.1, -0.05) is 42.0 Å². The third kappa shape index (κ3) is 3.22. The Labute approximate surface area is 128 Å². The van der Waals surface area contributed by atoms with Gasteiger partial charge in [-0.05, 0) is 25.3 Å². The molecule has 0 spiro atoms. The minimum absolute atomic E-state index is 0.133. The third-order valence-electron chi connectivity index (χ3n) is 3.80. The van der Waals surface area contributed by atoms with Crippen LogP contribution in [-0.4, -0.2) is 28.9 Å². The molecule has 0 saturated carbocycles. The van der Waals surface area contributed by atoms with Crippen LogP contribution in [0.25, 0.3) is 6.08 Å². The molecule has 3 rings (SSSR count). The number of hydrogen-bond donors (Lipinski definition) is 0. The van der Waals surface area contributed by atoms with Crippen LogP contribution in [0.15, 0.2) is 41.4 Å². The molecule has 4 heteroatoms. The normalized spacial score (nSPS) is 15.1. The highest BCUT2D eigenvalue weighted by molar-refractivity contribution is 7.11. The Morgan fingerprint density at radius 1 is 1.24 bits per heavy atom. The molecule has 0 bridgehead atoms. The molecular weight excluding hydrogens is 280 g/mol. The summed E-state index contributed by atoms with van der Waals surface area (Å²) in [5.74, 6) is 0.133. The maximum absolute atomic E-state index is 12.4. The number of carbonyl (C=O) groups excluding carboxylic acids is 1. The molecule has 1 amide bonds. The SMILES string of the molecule is Cc1ncsc1C(=O)N1CCC(=Cc2ccccc2)CC1. The van der Waals surface area contributed by atoms with Gasteiger partial charge in [-0.2, -0.15) is 0 Å². The van der Waals surface area contributed by atoms with E-state index in [4.69, 9.17) is 0 Å². The molecule has 0 N–H and O–H groups in total. The summed E-state index contributed by atoms with van der Waals surface area (Å²) in [6.07, 6.45) is 4.16. The van der Waals surface area contributed by atoms with Crippen LogP contribution in [0.1, 0.15) is 33.8 Å². The second-order valence-corrected chi connectivity index (χ2v) is 6.13. The van der Waals surface area contributed by atoms with E-state index in [2.05, 4.69) is 35.3 Å². The first-order chi connectivity index (χ1) is 10.2. The summed E-state index contributed by atoms with van der Waals surface area (Å²) in [7, 11) is 0. The zero-order valence-corrected chi connectivity index (χ0v) is 12.9. The van der Waals surface area contributed by atoms with Crippen molar-refractivity contribution in [3.05, 3.63) is 57.6 Å². The van der Waals surface area contributed by atoms with E-state index in [-0.39, 0.29) is 5.91 Å². The lowest BCUT2D eigenvalue weighted by Crippen LogP contribution is -2.36. The smallest absolute Gasteiger partial charge is 0.265 e. The molecular formula is C17H18N2OS. The van der Waals surface area contributed by atoms with Crippen molar-refractivity contribution in [2.45, 2.75) is 19.8 Å². The summed E-state index contributed by atoms with van der Waals surface area (Å²) in [6.45, 7) is 3.50. The topological polar surface area (TPSA) is 33.2 Å². The van der Waals surface area contributed by atoms with Crippen molar-refractivity contribution in [3.63, 3.8) is 0 Å². The van der Waals surface area contributed by atoms with Crippen LogP contribution in [0.4, 0.5) is 0 Å². The lowest BCUT2D eigenvalue weighted by atomic mass is 10.0. The van der Waals surface area contributed by atoms with Crippen molar-refractivity contribution in [1.82, 2.24) is 9.88 Å². The molecule has 0 radical (unpaired) electrons. The lowest BCUT2D eigenvalue weighted by Gasteiger charge is -2.28. The number of thiazole rings is 1. The van der Waals surface area contributed by atoms with Gasteiger partial charge in [0.15, 0.2) is 0 Å². The molecule has 0 atom stereocenters. The number of aryl methyl sites for hydroxylation is 1. The Kier molecular flexibility index (Phi) is 4.15. The van der Waals surface area contributed by atoms with E-state index in [0.717, 1.165) is 36.5 Å². The molecule has 1 aliphatic rings. The van der Waals surface area contributed by atoms with E-state index in [1.54, 1.807) is 5.51 Å². The first kappa shape index (κ1) is 14.0. The molecule has 3 nitrogen and oxygen atoms in total. The summed E-state index contributed by atoms with van der Waals surface area (Å²) in [4.78, 5) is 19.3. The zero-order valence-electron chi connectivity index (χ0n) is 12.1. The van der Waals surface area contributed by atoms with E-state index in [1.807, 2.05) is 17.9 Å². The fourth-order valence-corrected chi connectivity index (χ4v) is 3.35. The van der Waals surface area contributed by atoms with Crippen molar-refractivity contribution in [1.29, 1.82) is 0 Å². The molecule has 2 aromatic rings. The average Bonchev–Trinajstić information content (AvgIpc) is 2.94.